The second-order valence-corrected chi connectivity index (χ2v) is 4.72. The lowest BCUT2D eigenvalue weighted by molar-refractivity contribution is 0.129. The van der Waals surface area contributed by atoms with Crippen LogP contribution in [0.1, 0.15) is 31.0 Å². The molecule has 1 aromatic rings. The molecule has 0 spiro atoms. The Balaban J connectivity index is 0.00000256. The zero-order valence-electron chi connectivity index (χ0n) is 10.1. The summed E-state index contributed by atoms with van der Waals surface area (Å²) in [5.41, 5.74) is 5.24. The third kappa shape index (κ3) is 3.15. The fourth-order valence-corrected chi connectivity index (χ4v) is 1.45. The Labute approximate surface area is 106 Å². The highest BCUT2D eigenvalue weighted by Crippen LogP contribution is 2.34. The Kier molecular flexibility index (Phi) is 5.52. The Morgan fingerprint density at radius 2 is 1.88 bits per heavy atom. The average Bonchev–Trinajstić information content (AvgIpc) is 2.24. The normalized spacial score (nSPS) is 13.1. The van der Waals surface area contributed by atoms with Crippen molar-refractivity contribution in [3.63, 3.8) is 0 Å². The van der Waals surface area contributed by atoms with Crippen LogP contribution in [0.5, 0.6) is 0 Å². The summed E-state index contributed by atoms with van der Waals surface area (Å²) in [4.78, 5) is 0. The molecule has 0 amide bonds. The summed E-state index contributed by atoms with van der Waals surface area (Å²) < 4.78 is 27.3. The highest BCUT2D eigenvalue weighted by atomic mass is 35.5. The van der Waals surface area contributed by atoms with E-state index in [0.717, 1.165) is 0 Å². The first-order chi connectivity index (χ1) is 7.31. The van der Waals surface area contributed by atoms with Gasteiger partial charge in [0, 0.05) is 23.6 Å². The molecule has 5 heteroatoms. The van der Waals surface area contributed by atoms with Crippen molar-refractivity contribution in [3.05, 3.63) is 34.9 Å². The van der Waals surface area contributed by atoms with E-state index in [1.54, 1.807) is 20.8 Å². The van der Waals surface area contributed by atoms with E-state index in [0.29, 0.717) is 5.56 Å². The van der Waals surface area contributed by atoms with Crippen molar-refractivity contribution in [2.45, 2.75) is 26.8 Å². The number of aliphatic hydroxyl groups excluding tert-OH is 1. The number of aliphatic hydroxyl groups is 1. The van der Waals surface area contributed by atoms with Crippen molar-refractivity contribution in [2.24, 2.45) is 11.1 Å². The topological polar surface area (TPSA) is 46.2 Å². The molecule has 17 heavy (non-hydrogen) atoms. The second kappa shape index (κ2) is 5.76. The maximum Gasteiger partial charge on any atom is 0.133 e. The van der Waals surface area contributed by atoms with E-state index < -0.39 is 23.1 Å². The number of halogens is 3. The SMILES string of the molecule is Cc1ccc(F)c([C@H](N)C(C)(C)CO)c1F.Cl. The summed E-state index contributed by atoms with van der Waals surface area (Å²) in [7, 11) is 0. The van der Waals surface area contributed by atoms with Gasteiger partial charge < -0.3 is 10.8 Å². The predicted molar refractivity (Wildman–Crippen MR) is 66.1 cm³/mol. The molecule has 0 aliphatic carbocycles. The summed E-state index contributed by atoms with van der Waals surface area (Å²) in [6.07, 6.45) is 0. The second-order valence-electron chi connectivity index (χ2n) is 4.72. The molecule has 2 nitrogen and oxygen atoms in total. The van der Waals surface area contributed by atoms with Crippen LogP contribution in [0.3, 0.4) is 0 Å². The van der Waals surface area contributed by atoms with Gasteiger partial charge in [-0.15, -0.1) is 12.4 Å². The fraction of sp³-hybridized carbons (Fsp3) is 0.500. The molecule has 98 valence electrons. The van der Waals surface area contributed by atoms with Crippen LogP contribution in [0.4, 0.5) is 8.78 Å². The Morgan fingerprint density at radius 1 is 1.35 bits per heavy atom. The van der Waals surface area contributed by atoms with Gasteiger partial charge in [-0.1, -0.05) is 19.9 Å². The Bertz CT molecular complexity index is 396. The van der Waals surface area contributed by atoms with E-state index in [9.17, 15) is 8.78 Å². The van der Waals surface area contributed by atoms with E-state index in [1.165, 1.54) is 12.1 Å². The Morgan fingerprint density at radius 3 is 2.35 bits per heavy atom. The lowest BCUT2D eigenvalue weighted by Gasteiger charge is -2.30. The van der Waals surface area contributed by atoms with E-state index in [-0.39, 0.29) is 24.6 Å². The molecule has 1 aromatic carbocycles. The highest BCUT2D eigenvalue weighted by molar-refractivity contribution is 5.85. The lowest BCUT2D eigenvalue weighted by atomic mass is 9.81. The van der Waals surface area contributed by atoms with Crippen molar-refractivity contribution < 1.29 is 13.9 Å². The van der Waals surface area contributed by atoms with Crippen molar-refractivity contribution in [1.29, 1.82) is 0 Å². The van der Waals surface area contributed by atoms with Crippen molar-refractivity contribution in [1.82, 2.24) is 0 Å². The fourth-order valence-electron chi connectivity index (χ4n) is 1.45. The minimum absolute atomic E-state index is 0. The predicted octanol–water partition coefficient (Wildman–Crippen LogP) is 2.71. The van der Waals surface area contributed by atoms with Gasteiger partial charge in [0.1, 0.15) is 11.6 Å². The van der Waals surface area contributed by atoms with Crippen molar-refractivity contribution >= 4 is 12.4 Å². The number of nitrogens with two attached hydrogens (primary N) is 1. The number of benzene rings is 1. The van der Waals surface area contributed by atoms with Crippen LogP contribution in [0.15, 0.2) is 12.1 Å². The minimum atomic E-state index is -0.877. The van der Waals surface area contributed by atoms with Crippen LogP contribution in [0, 0.1) is 24.0 Å². The van der Waals surface area contributed by atoms with Gasteiger partial charge in [-0.2, -0.15) is 0 Å². The molecule has 3 N–H and O–H groups in total. The van der Waals surface area contributed by atoms with E-state index in [4.69, 9.17) is 10.8 Å². The molecule has 0 radical (unpaired) electrons. The number of hydrogen-bond acceptors (Lipinski definition) is 2. The number of hydrogen-bond donors (Lipinski definition) is 2. The molecule has 0 aliphatic heterocycles. The van der Waals surface area contributed by atoms with E-state index in [2.05, 4.69) is 0 Å². The van der Waals surface area contributed by atoms with Gasteiger partial charge >= 0.3 is 0 Å². The largest absolute Gasteiger partial charge is 0.396 e. The first-order valence-corrected chi connectivity index (χ1v) is 5.12. The van der Waals surface area contributed by atoms with Gasteiger partial charge in [0.15, 0.2) is 0 Å². The maximum absolute atomic E-state index is 13.8. The van der Waals surface area contributed by atoms with Crippen molar-refractivity contribution in [2.75, 3.05) is 6.61 Å². The third-order valence-electron chi connectivity index (χ3n) is 2.88. The van der Waals surface area contributed by atoms with Crippen LogP contribution >= 0.6 is 12.4 Å². The van der Waals surface area contributed by atoms with Crippen LogP contribution in [0.25, 0.3) is 0 Å². The molecule has 1 atom stereocenters. The molecule has 0 saturated carbocycles. The number of rotatable bonds is 3. The molecule has 0 bridgehead atoms. The molecule has 0 aromatic heterocycles. The zero-order valence-corrected chi connectivity index (χ0v) is 10.9. The van der Waals surface area contributed by atoms with E-state index in [1.807, 2.05) is 0 Å². The molecule has 0 fully saturated rings. The van der Waals surface area contributed by atoms with Crippen LogP contribution in [-0.4, -0.2) is 11.7 Å². The summed E-state index contributed by atoms with van der Waals surface area (Å²) >= 11 is 0. The molecule has 0 heterocycles. The van der Waals surface area contributed by atoms with Gasteiger partial charge in [-0.05, 0) is 18.6 Å². The smallest absolute Gasteiger partial charge is 0.133 e. The zero-order chi connectivity index (χ0) is 12.5. The van der Waals surface area contributed by atoms with Crippen LogP contribution in [0.2, 0.25) is 0 Å². The van der Waals surface area contributed by atoms with Crippen LogP contribution < -0.4 is 5.73 Å². The van der Waals surface area contributed by atoms with Gasteiger partial charge in [0.2, 0.25) is 0 Å². The summed E-state index contributed by atoms with van der Waals surface area (Å²) in [5, 5.41) is 9.15. The first-order valence-electron chi connectivity index (χ1n) is 5.12. The summed E-state index contributed by atoms with van der Waals surface area (Å²) in [6.45, 7) is 4.65. The van der Waals surface area contributed by atoms with Crippen molar-refractivity contribution in [3.8, 4) is 0 Å². The van der Waals surface area contributed by atoms with Gasteiger partial charge in [0.05, 0.1) is 0 Å². The molecular formula is C12H18ClF2NO. The lowest BCUT2D eigenvalue weighted by Crippen LogP contribution is -2.34. The summed E-state index contributed by atoms with van der Waals surface area (Å²) in [6, 6.07) is 1.69. The van der Waals surface area contributed by atoms with Crippen LogP contribution in [-0.2, 0) is 0 Å². The number of aryl methyl sites for hydroxylation is 1. The quantitative estimate of drug-likeness (QED) is 0.883. The molecule has 0 aliphatic rings. The molecule has 0 unspecified atom stereocenters. The highest BCUT2D eigenvalue weighted by Gasteiger charge is 2.31. The van der Waals surface area contributed by atoms with E-state index >= 15 is 0 Å². The van der Waals surface area contributed by atoms with Gasteiger partial charge in [-0.25, -0.2) is 8.78 Å². The van der Waals surface area contributed by atoms with Gasteiger partial charge in [-0.3, -0.25) is 0 Å². The standard InChI is InChI=1S/C12H17F2NO.ClH/c1-7-4-5-8(13)9(10(7)14)11(15)12(2,3)6-16;/h4-5,11,16H,6,15H2,1-3H3;1H/t11-;/m0./s1. The third-order valence-corrected chi connectivity index (χ3v) is 2.88. The first kappa shape index (κ1) is 16.3. The average molecular weight is 266 g/mol. The monoisotopic (exact) mass is 265 g/mol. The molecule has 0 saturated heterocycles. The maximum atomic E-state index is 13.8. The van der Waals surface area contributed by atoms with Gasteiger partial charge in [0.25, 0.3) is 0 Å². The summed E-state index contributed by atoms with van der Waals surface area (Å²) in [5.74, 6) is -1.30. The Hall–Kier alpha value is -0.710. The minimum Gasteiger partial charge on any atom is -0.396 e. The molecule has 1 rings (SSSR count). The molecular weight excluding hydrogens is 248 g/mol.